The minimum absolute atomic E-state index is 0.128. The summed E-state index contributed by atoms with van der Waals surface area (Å²) in [6.45, 7) is 3.13. The van der Waals surface area contributed by atoms with Gasteiger partial charge in [-0.3, -0.25) is 14.9 Å². The fourth-order valence-electron chi connectivity index (χ4n) is 1.70. The van der Waals surface area contributed by atoms with Crippen LogP contribution >= 0.6 is 0 Å². The number of benzene rings is 1. The lowest BCUT2D eigenvalue weighted by Crippen LogP contribution is -1.98. The molecule has 0 saturated carbocycles. The molecule has 102 valence electrons. The van der Waals surface area contributed by atoms with E-state index in [2.05, 4.69) is 4.98 Å². The highest BCUT2D eigenvalue weighted by Gasteiger charge is 2.18. The molecule has 0 radical (unpaired) electrons. The molecule has 6 heteroatoms. The van der Waals surface area contributed by atoms with Crippen LogP contribution < -0.4 is 4.74 Å². The molecule has 1 heterocycles. The lowest BCUT2D eigenvalue weighted by Gasteiger charge is -2.08. The highest BCUT2D eigenvalue weighted by Crippen LogP contribution is 2.33. The second kappa shape index (κ2) is 5.48. The molecule has 0 aliphatic heterocycles. The van der Waals surface area contributed by atoms with Crippen LogP contribution in [0, 0.1) is 17.0 Å². The molecule has 0 unspecified atom stereocenters. The highest BCUT2D eigenvalue weighted by molar-refractivity contribution is 5.94. The van der Waals surface area contributed by atoms with E-state index < -0.39 is 4.92 Å². The van der Waals surface area contributed by atoms with E-state index in [4.69, 9.17) is 4.74 Å². The van der Waals surface area contributed by atoms with Crippen molar-refractivity contribution in [3.8, 4) is 11.6 Å². The maximum absolute atomic E-state index is 11.3. The number of nitrogens with zero attached hydrogens (tertiary/aromatic N) is 2. The first-order valence-corrected chi connectivity index (χ1v) is 5.88. The van der Waals surface area contributed by atoms with E-state index in [9.17, 15) is 14.9 Å². The molecule has 1 aromatic carbocycles. The van der Waals surface area contributed by atoms with Gasteiger partial charge in [0.05, 0.1) is 4.92 Å². The number of hydrogen-bond acceptors (Lipinski definition) is 5. The fraction of sp³-hybridized carbons (Fsp3) is 0.143. The number of hydrogen-bond donors (Lipinski definition) is 0. The number of pyridine rings is 1. The average molecular weight is 272 g/mol. The number of para-hydroxylation sites is 1. The molecule has 0 N–H and O–H groups in total. The molecule has 0 aliphatic carbocycles. The van der Waals surface area contributed by atoms with Crippen LogP contribution in [-0.2, 0) is 0 Å². The Morgan fingerprint density at radius 3 is 2.75 bits per heavy atom. The Bertz CT molecular complexity index is 683. The summed E-state index contributed by atoms with van der Waals surface area (Å²) in [6, 6.07) is 7.66. The van der Waals surface area contributed by atoms with E-state index in [1.165, 1.54) is 25.3 Å². The zero-order valence-electron chi connectivity index (χ0n) is 11.0. The van der Waals surface area contributed by atoms with E-state index >= 15 is 0 Å². The monoisotopic (exact) mass is 272 g/mol. The quantitative estimate of drug-likeness (QED) is 0.484. The summed E-state index contributed by atoms with van der Waals surface area (Å²) in [5.41, 5.74) is 0.917. The van der Waals surface area contributed by atoms with Crippen molar-refractivity contribution in [3.05, 3.63) is 57.8 Å². The van der Waals surface area contributed by atoms with Gasteiger partial charge >= 0.3 is 5.69 Å². The Labute approximate surface area is 115 Å². The van der Waals surface area contributed by atoms with Gasteiger partial charge in [0.2, 0.25) is 11.6 Å². The fourth-order valence-corrected chi connectivity index (χ4v) is 1.70. The molecular formula is C14H12N2O4. The Balaban J connectivity index is 2.42. The minimum atomic E-state index is -0.517. The first kappa shape index (κ1) is 13.7. The van der Waals surface area contributed by atoms with E-state index in [0.29, 0.717) is 11.1 Å². The Kier molecular flexibility index (Phi) is 3.74. The third kappa shape index (κ3) is 2.80. The minimum Gasteiger partial charge on any atom is -0.431 e. The van der Waals surface area contributed by atoms with Gasteiger partial charge < -0.3 is 4.74 Å². The van der Waals surface area contributed by atoms with Crippen LogP contribution in [0.3, 0.4) is 0 Å². The number of ketones is 1. The summed E-state index contributed by atoms with van der Waals surface area (Å²) in [5, 5.41) is 11.0. The maximum Gasteiger partial charge on any atom is 0.311 e. The molecule has 2 aromatic rings. The molecule has 0 saturated heterocycles. The normalized spacial score (nSPS) is 10.1. The van der Waals surface area contributed by atoms with E-state index in [0.717, 1.165) is 0 Å². The largest absolute Gasteiger partial charge is 0.431 e. The van der Waals surface area contributed by atoms with Crippen LogP contribution in [0.25, 0.3) is 0 Å². The molecule has 0 spiro atoms. The SMILES string of the molecule is CC(=O)c1ccnc(Oc2c(C)cccc2[N+](=O)[O-])c1. The van der Waals surface area contributed by atoms with E-state index in [1.54, 1.807) is 25.1 Å². The molecule has 0 atom stereocenters. The first-order valence-electron chi connectivity index (χ1n) is 5.88. The van der Waals surface area contributed by atoms with Crippen LogP contribution in [0.5, 0.6) is 11.6 Å². The second-order valence-corrected chi connectivity index (χ2v) is 4.22. The molecule has 0 aliphatic rings. The number of nitro benzene ring substituents is 1. The zero-order chi connectivity index (χ0) is 14.7. The summed E-state index contributed by atoms with van der Waals surface area (Å²) in [4.78, 5) is 25.7. The summed E-state index contributed by atoms with van der Waals surface area (Å²) in [7, 11) is 0. The van der Waals surface area contributed by atoms with Crippen LogP contribution in [0.1, 0.15) is 22.8 Å². The first-order chi connectivity index (χ1) is 9.49. The van der Waals surface area contributed by atoms with Crippen molar-refractivity contribution in [2.24, 2.45) is 0 Å². The molecule has 0 amide bonds. The summed E-state index contributed by atoms with van der Waals surface area (Å²) < 4.78 is 5.49. The molecule has 20 heavy (non-hydrogen) atoms. The Morgan fingerprint density at radius 2 is 2.10 bits per heavy atom. The molecule has 6 nitrogen and oxygen atoms in total. The smallest absolute Gasteiger partial charge is 0.311 e. The lowest BCUT2D eigenvalue weighted by molar-refractivity contribution is -0.385. The van der Waals surface area contributed by atoms with Gasteiger partial charge in [0.15, 0.2) is 5.78 Å². The maximum atomic E-state index is 11.3. The van der Waals surface area contributed by atoms with Gasteiger partial charge in [-0.15, -0.1) is 0 Å². The molecular weight excluding hydrogens is 260 g/mol. The van der Waals surface area contributed by atoms with Gasteiger partial charge in [-0.1, -0.05) is 12.1 Å². The number of ether oxygens (including phenoxy) is 1. The van der Waals surface area contributed by atoms with Crippen molar-refractivity contribution >= 4 is 11.5 Å². The summed E-state index contributed by atoms with van der Waals surface area (Å²) >= 11 is 0. The van der Waals surface area contributed by atoms with E-state index in [1.807, 2.05) is 0 Å². The number of nitro groups is 1. The zero-order valence-corrected chi connectivity index (χ0v) is 11.0. The molecule has 2 rings (SSSR count). The Morgan fingerprint density at radius 1 is 1.35 bits per heavy atom. The number of aryl methyl sites for hydroxylation is 1. The topological polar surface area (TPSA) is 82.3 Å². The average Bonchev–Trinajstić information content (AvgIpc) is 2.41. The summed E-state index contributed by atoms with van der Waals surface area (Å²) in [5.74, 6) is 0.150. The van der Waals surface area contributed by atoms with Crippen LogP contribution in [0.4, 0.5) is 5.69 Å². The number of aromatic nitrogens is 1. The van der Waals surface area contributed by atoms with E-state index in [-0.39, 0.29) is 23.1 Å². The molecule has 0 bridgehead atoms. The summed E-state index contributed by atoms with van der Waals surface area (Å²) in [6.07, 6.45) is 1.43. The van der Waals surface area contributed by atoms with Crippen molar-refractivity contribution < 1.29 is 14.5 Å². The van der Waals surface area contributed by atoms with Gasteiger partial charge in [0.25, 0.3) is 0 Å². The predicted octanol–water partition coefficient (Wildman–Crippen LogP) is 3.29. The van der Waals surface area contributed by atoms with Crippen LogP contribution in [0.15, 0.2) is 36.5 Å². The van der Waals surface area contributed by atoms with Crippen molar-refractivity contribution in [3.63, 3.8) is 0 Å². The predicted molar refractivity (Wildman–Crippen MR) is 72.1 cm³/mol. The van der Waals surface area contributed by atoms with Crippen LogP contribution in [0.2, 0.25) is 0 Å². The van der Waals surface area contributed by atoms with Crippen molar-refractivity contribution in [1.29, 1.82) is 0 Å². The number of rotatable bonds is 4. The van der Waals surface area contributed by atoms with Gasteiger partial charge in [-0.2, -0.15) is 0 Å². The number of Topliss-reactive ketones (excluding diaryl/α,β-unsaturated/α-hetero) is 1. The van der Waals surface area contributed by atoms with Gasteiger partial charge in [-0.25, -0.2) is 4.98 Å². The number of carbonyl (C=O) groups excluding carboxylic acids is 1. The molecule has 0 fully saturated rings. The highest BCUT2D eigenvalue weighted by atomic mass is 16.6. The van der Waals surface area contributed by atoms with Crippen molar-refractivity contribution in [2.75, 3.05) is 0 Å². The standard InChI is InChI=1S/C14H12N2O4/c1-9-4-3-5-12(16(18)19)14(9)20-13-8-11(10(2)17)6-7-15-13/h3-8H,1-2H3. The third-order valence-electron chi connectivity index (χ3n) is 2.74. The van der Waals surface area contributed by atoms with Crippen LogP contribution in [-0.4, -0.2) is 15.7 Å². The second-order valence-electron chi connectivity index (χ2n) is 4.22. The van der Waals surface area contributed by atoms with Crippen molar-refractivity contribution in [1.82, 2.24) is 4.98 Å². The third-order valence-corrected chi connectivity index (χ3v) is 2.74. The van der Waals surface area contributed by atoms with Gasteiger partial charge in [0.1, 0.15) is 0 Å². The number of carbonyl (C=O) groups is 1. The van der Waals surface area contributed by atoms with Gasteiger partial charge in [-0.05, 0) is 25.5 Å². The lowest BCUT2D eigenvalue weighted by atomic mass is 10.2. The molecule has 1 aromatic heterocycles. The van der Waals surface area contributed by atoms with Gasteiger partial charge in [0, 0.05) is 23.9 Å². The Hall–Kier alpha value is -2.76. The van der Waals surface area contributed by atoms with Crippen molar-refractivity contribution in [2.45, 2.75) is 13.8 Å².